The largest absolute Gasteiger partial charge is 0.449 e. The number of aromatic nitrogens is 2. The molecule has 2 aromatic carbocycles. The molecule has 0 spiro atoms. The summed E-state index contributed by atoms with van der Waals surface area (Å²) in [5.41, 5.74) is 5.32. The fourth-order valence-electron chi connectivity index (χ4n) is 3.24. The number of ether oxygens (including phenoxy) is 1. The number of hydrogen-bond donors (Lipinski definition) is 1. The van der Waals surface area contributed by atoms with Gasteiger partial charge in [-0.3, -0.25) is 0 Å². The summed E-state index contributed by atoms with van der Waals surface area (Å²) in [5.74, 6) is 1.49. The first kappa shape index (κ1) is 16.6. The third kappa shape index (κ3) is 3.27. The van der Waals surface area contributed by atoms with E-state index in [1.807, 2.05) is 18.3 Å². The predicted octanol–water partition coefficient (Wildman–Crippen LogP) is 5.30. The van der Waals surface area contributed by atoms with Gasteiger partial charge in [-0.1, -0.05) is 61.4 Å². The highest BCUT2D eigenvalue weighted by Gasteiger charge is 2.24. The van der Waals surface area contributed by atoms with E-state index < -0.39 is 0 Å². The second-order valence-corrected chi connectivity index (χ2v) is 6.71. The van der Waals surface area contributed by atoms with Gasteiger partial charge in [0.05, 0.1) is 5.56 Å². The van der Waals surface area contributed by atoms with Gasteiger partial charge >= 0.3 is 0 Å². The van der Waals surface area contributed by atoms with Gasteiger partial charge in [-0.05, 0) is 19.4 Å². The molecule has 4 nitrogen and oxygen atoms in total. The minimum atomic E-state index is -0.286. The third-order valence-electron chi connectivity index (χ3n) is 4.64. The molecule has 26 heavy (non-hydrogen) atoms. The Morgan fingerprint density at radius 3 is 2.81 bits per heavy atom. The smallest absolute Gasteiger partial charge is 0.226 e. The van der Waals surface area contributed by atoms with E-state index in [0.717, 1.165) is 47.5 Å². The van der Waals surface area contributed by atoms with Crippen molar-refractivity contribution in [2.24, 2.45) is 0 Å². The van der Waals surface area contributed by atoms with Gasteiger partial charge in [0.25, 0.3) is 0 Å². The van der Waals surface area contributed by atoms with Crippen molar-refractivity contribution in [2.75, 3.05) is 5.32 Å². The Bertz CT molecular complexity index is 923. The second kappa shape index (κ2) is 7.16. The fourth-order valence-corrected chi connectivity index (χ4v) is 3.24. The van der Waals surface area contributed by atoms with Crippen LogP contribution in [0.2, 0.25) is 0 Å². The summed E-state index contributed by atoms with van der Waals surface area (Å²) in [7, 11) is 0. The number of unbranched alkanes of at least 4 members (excludes halogenated alkanes) is 1. The van der Waals surface area contributed by atoms with E-state index in [0.29, 0.717) is 5.88 Å². The maximum Gasteiger partial charge on any atom is 0.226 e. The fraction of sp³-hybridized carbons (Fsp3) is 0.273. The van der Waals surface area contributed by atoms with Crippen molar-refractivity contribution in [3.63, 3.8) is 0 Å². The van der Waals surface area contributed by atoms with Crippen molar-refractivity contribution in [2.45, 2.75) is 39.3 Å². The molecule has 1 N–H and O–H groups in total. The first-order chi connectivity index (χ1) is 12.7. The van der Waals surface area contributed by atoms with Crippen LogP contribution in [-0.4, -0.2) is 9.97 Å². The summed E-state index contributed by atoms with van der Waals surface area (Å²) in [5, 5.41) is 3.52. The zero-order valence-corrected chi connectivity index (χ0v) is 15.2. The van der Waals surface area contributed by atoms with Gasteiger partial charge in [-0.2, -0.15) is 4.98 Å². The van der Waals surface area contributed by atoms with Crippen LogP contribution in [0.15, 0.2) is 54.7 Å². The lowest BCUT2D eigenvalue weighted by atomic mass is 10.1. The molecule has 4 rings (SSSR count). The number of anilines is 1. The SMILES string of the molecule is CCCCc1ncc2c(n1)OC(c1cccc(C)c1)Nc1ccccc1-2. The molecule has 0 saturated heterocycles. The zero-order valence-electron chi connectivity index (χ0n) is 15.2. The summed E-state index contributed by atoms with van der Waals surface area (Å²) < 4.78 is 6.34. The molecule has 1 aliphatic rings. The highest BCUT2D eigenvalue weighted by Crippen LogP contribution is 2.40. The molecule has 1 aliphatic heterocycles. The molecular formula is C22H23N3O. The van der Waals surface area contributed by atoms with E-state index in [2.05, 4.69) is 60.5 Å². The number of hydrogen-bond acceptors (Lipinski definition) is 4. The van der Waals surface area contributed by atoms with Gasteiger partial charge in [0.1, 0.15) is 5.82 Å². The summed E-state index contributed by atoms with van der Waals surface area (Å²) in [6.45, 7) is 4.26. The van der Waals surface area contributed by atoms with E-state index >= 15 is 0 Å². The lowest BCUT2D eigenvalue weighted by molar-refractivity contribution is 0.227. The van der Waals surface area contributed by atoms with Crippen LogP contribution in [0.25, 0.3) is 11.1 Å². The Hall–Kier alpha value is -2.88. The van der Waals surface area contributed by atoms with Crippen LogP contribution in [0, 0.1) is 6.92 Å². The molecule has 1 aromatic heterocycles. The van der Waals surface area contributed by atoms with Crippen LogP contribution in [0.3, 0.4) is 0 Å². The summed E-state index contributed by atoms with van der Waals surface area (Å²) in [6.07, 6.45) is 4.68. The average molecular weight is 345 g/mol. The number of nitrogens with one attached hydrogen (secondary N) is 1. The number of fused-ring (bicyclic) bond motifs is 3. The summed E-state index contributed by atoms with van der Waals surface area (Å²) in [4.78, 5) is 9.30. The molecule has 0 saturated carbocycles. The number of para-hydroxylation sites is 1. The molecule has 2 heterocycles. The number of nitrogens with zero attached hydrogens (tertiary/aromatic N) is 2. The highest BCUT2D eigenvalue weighted by atomic mass is 16.5. The van der Waals surface area contributed by atoms with Crippen molar-refractivity contribution >= 4 is 5.69 Å². The topological polar surface area (TPSA) is 47.0 Å². The maximum atomic E-state index is 6.34. The van der Waals surface area contributed by atoms with Crippen LogP contribution < -0.4 is 10.1 Å². The summed E-state index contributed by atoms with van der Waals surface area (Å²) in [6, 6.07) is 16.6. The normalized spacial score (nSPS) is 15.2. The Balaban J connectivity index is 1.79. The Morgan fingerprint density at radius 1 is 1.08 bits per heavy atom. The van der Waals surface area contributed by atoms with Gasteiger partial charge < -0.3 is 10.1 Å². The Morgan fingerprint density at radius 2 is 1.96 bits per heavy atom. The number of aryl methyl sites for hydroxylation is 2. The molecule has 0 aliphatic carbocycles. The van der Waals surface area contributed by atoms with E-state index in [1.54, 1.807) is 0 Å². The lowest BCUT2D eigenvalue weighted by Gasteiger charge is -2.20. The molecule has 0 amide bonds. The van der Waals surface area contributed by atoms with Crippen molar-refractivity contribution in [3.8, 4) is 17.0 Å². The van der Waals surface area contributed by atoms with E-state index in [1.165, 1.54) is 5.56 Å². The molecule has 0 radical (unpaired) electrons. The average Bonchev–Trinajstić information content (AvgIpc) is 2.83. The molecule has 3 aromatic rings. The highest BCUT2D eigenvalue weighted by molar-refractivity contribution is 5.81. The molecule has 0 bridgehead atoms. The standard InChI is InChI=1S/C22H23N3O/c1-3-4-12-20-23-14-18-17-10-5-6-11-19(17)24-21(26-22(18)25-20)16-9-7-8-15(2)13-16/h5-11,13-14,21,24H,3-4,12H2,1-2H3. The first-order valence-electron chi connectivity index (χ1n) is 9.19. The van der Waals surface area contributed by atoms with Gasteiger partial charge in [0.15, 0.2) is 6.23 Å². The third-order valence-corrected chi connectivity index (χ3v) is 4.64. The minimum absolute atomic E-state index is 0.286. The van der Waals surface area contributed by atoms with Gasteiger partial charge in [0.2, 0.25) is 5.88 Å². The molecule has 132 valence electrons. The van der Waals surface area contributed by atoms with Crippen LogP contribution in [0.1, 0.15) is 42.9 Å². The Kier molecular flexibility index (Phi) is 4.57. The first-order valence-corrected chi connectivity index (χ1v) is 9.19. The van der Waals surface area contributed by atoms with Crippen LogP contribution in [0.4, 0.5) is 5.69 Å². The number of rotatable bonds is 4. The van der Waals surface area contributed by atoms with Crippen LogP contribution >= 0.6 is 0 Å². The second-order valence-electron chi connectivity index (χ2n) is 6.71. The quantitative estimate of drug-likeness (QED) is 0.697. The lowest BCUT2D eigenvalue weighted by Crippen LogP contribution is -2.17. The van der Waals surface area contributed by atoms with E-state index in [9.17, 15) is 0 Å². The monoisotopic (exact) mass is 345 g/mol. The predicted molar refractivity (Wildman–Crippen MR) is 104 cm³/mol. The molecule has 4 heteroatoms. The van der Waals surface area contributed by atoms with Crippen molar-refractivity contribution in [3.05, 3.63) is 71.7 Å². The Labute approximate surface area is 154 Å². The van der Waals surface area contributed by atoms with Crippen LogP contribution in [-0.2, 0) is 6.42 Å². The summed E-state index contributed by atoms with van der Waals surface area (Å²) >= 11 is 0. The maximum absolute atomic E-state index is 6.34. The molecule has 0 fully saturated rings. The van der Waals surface area contributed by atoms with Crippen molar-refractivity contribution < 1.29 is 4.74 Å². The van der Waals surface area contributed by atoms with Gasteiger partial charge in [-0.25, -0.2) is 4.98 Å². The van der Waals surface area contributed by atoms with Crippen LogP contribution in [0.5, 0.6) is 5.88 Å². The molecule has 1 unspecified atom stereocenters. The molecular weight excluding hydrogens is 322 g/mol. The van der Waals surface area contributed by atoms with Crippen molar-refractivity contribution in [1.29, 1.82) is 0 Å². The van der Waals surface area contributed by atoms with Crippen molar-refractivity contribution in [1.82, 2.24) is 9.97 Å². The van der Waals surface area contributed by atoms with Gasteiger partial charge in [0, 0.05) is 29.4 Å². The van der Waals surface area contributed by atoms with E-state index in [4.69, 9.17) is 9.72 Å². The van der Waals surface area contributed by atoms with Gasteiger partial charge in [-0.15, -0.1) is 0 Å². The van der Waals surface area contributed by atoms with E-state index in [-0.39, 0.29) is 6.23 Å². The minimum Gasteiger partial charge on any atom is -0.449 e. The number of benzene rings is 2. The molecule has 1 atom stereocenters. The zero-order chi connectivity index (χ0) is 17.9.